The van der Waals surface area contributed by atoms with E-state index in [0.717, 1.165) is 29.7 Å². The highest BCUT2D eigenvalue weighted by atomic mass is 32.2. The average molecular weight is 665 g/mol. The highest BCUT2D eigenvalue weighted by Gasteiger charge is 2.42. The third-order valence-electron chi connectivity index (χ3n) is 8.72. The summed E-state index contributed by atoms with van der Waals surface area (Å²) in [5.41, 5.74) is 1.37. The minimum absolute atomic E-state index is 0.135. The van der Waals surface area contributed by atoms with Gasteiger partial charge in [-0.15, -0.1) is 0 Å². The van der Waals surface area contributed by atoms with Gasteiger partial charge in [0.25, 0.3) is 0 Å². The first-order valence-electron chi connectivity index (χ1n) is 16.5. The molecule has 3 unspecified atom stereocenters. The fourth-order valence-electron chi connectivity index (χ4n) is 6.51. The van der Waals surface area contributed by atoms with E-state index in [2.05, 4.69) is 24.0 Å². The number of carboxylic acid groups (broad SMARTS) is 1. The average Bonchev–Trinajstić information content (AvgIpc) is 3.68. The monoisotopic (exact) mass is 664 g/mol. The summed E-state index contributed by atoms with van der Waals surface area (Å²) in [4.78, 5) is 21.4. The maximum Gasteiger partial charge on any atom is 0.408 e. The lowest BCUT2D eigenvalue weighted by Crippen LogP contribution is -2.61. The van der Waals surface area contributed by atoms with E-state index < -0.39 is 27.2 Å². The van der Waals surface area contributed by atoms with Crippen molar-refractivity contribution >= 4 is 27.8 Å². The number of ether oxygens (including phenoxy) is 1. The van der Waals surface area contributed by atoms with Crippen LogP contribution in [0.4, 0.5) is 16.4 Å². The molecule has 0 bridgehead atoms. The molecule has 0 saturated heterocycles. The maximum atomic E-state index is 13.0. The summed E-state index contributed by atoms with van der Waals surface area (Å²) in [5.74, 6) is 2.24. The number of nitrogens with zero attached hydrogens (tertiary/aromatic N) is 4. The van der Waals surface area contributed by atoms with Crippen LogP contribution < -0.4 is 9.21 Å². The zero-order chi connectivity index (χ0) is 34.4. The van der Waals surface area contributed by atoms with Crippen LogP contribution in [-0.2, 0) is 34.3 Å². The molecule has 3 aromatic rings. The summed E-state index contributed by atoms with van der Waals surface area (Å²) in [6.45, 7) is 13.9. The first kappa shape index (κ1) is 36.2. The molecule has 2 aromatic carbocycles. The molecule has 3 atom stereocenters. The van der Waals surface area contributed by atoms with Crippen LogP contribution in [0.2, 0.25) is 0 Å². The standard InChI is InChI=1S/C37H52N4O5S/c1-8-19-40(47(7,44)45)34-22-31(21-33(38-34)39(25-32-20-28(32)2)24-30-17-13-10-14-18-30)26-46-27-37(6,23-29-15-11-9-12-16-29)41(35(42)43)36(3,4)5/h9-18,21-22,28,32H,8,19-20,23-27H2,1-7H3,(H,42,43). The van der Waals surface area contributed by atoms with Gasteiger partial charge in [-0.05, 0) is 87.6 Å². The number of benzene rings is 2. The van der Waals surface area contributed by atoms with Gasteiger partial charge in [0.15, 0.2) is 0 Å². The summed E-state index contributed by atoms with van der Waals surface area (Å²) in [6, 6.07) is 23.8. The van der Waals surface area contributed by atoms with Crippen LogP contribution in [0, 0.1) is 11.8 Å². The van der Waals surface area contributed by atoms with Crippen molar-refractivity contribution in [3.05, 3.63) is 89.5 Å². The Bertz CT molecular complexity index is 1580. The predicted molar refractivity (Wildman–Crippen MR) is 189 cm³/mol. The maximum absolute atomic E-state index is 13.0. The second-order valence-electron chi connectivity index (χ2n) is 14.3. The Labute approximate surface area is 281 Å². The summed E-state index contributed by atoms with van der Waals surface area (Å²) in [6.07, 6.45) is 2.45. The van der Waals surface area contributed by atoms with Crippen molar-refractivity contribution in [2.45, 2.75) is 85.0 Å². The first-order valence-corrected chi connectivity index (χ1v) is 18.4. The molecule has 1 saturated carbocycles. The number of anilines is 2. The number of aromatic nitrogens is 1. The minimum Gasteiger partial charge on any atom is -0.465 e. The smallest absolute Gasteiger partial charge is 0.408 e. The van der Waals surface area contributed by atoms with Gasteiger partial charge in [0.1, 0.15) is 11.6 Å². The zero-order valence-corrected chi connectivity index (χ0v) is 29.8. The van der Waals surface area contributed by atoms with E-state index in [4.69, 9.17) is 9.72 Å². The van der Waals surface area contributed by atoms with Crippen molar-refractivity contribution < 1.29 is 23.1 Å². The summed E-state index contributed by atoms with van der Waals surface area (Å²) >= 11 is 0. The first-order chi connectivity index (χ1) is 22.1. The third kappa shape index (κ3) is 9.93. The Balaban J connectivity index is 1.70. The number of hydrogen-bond donors (Lipinski definition) is 1. The summed E-state index contributed by atoms with van der Waals surface area (Å²) in [7, 11) is -3.59. The Morgan fingerprint density at radius 3 is 2.04 bits per heavy atom. The van der Waals surface area contributed by atoms with E-state index in [0.29, 0.717) is 49.4 Å². The van der Waals surface area contributed by atoms with Gasteiger partial charge in [-0.2, -0.15) is 0 Å². The van der Waals surface area contributed by atoms with Crippen LogP contribution in [0.15, 0.2) is 72.8 Å². The molecule has 1 aromatic heterocycles. The van der Waals surface area contributed by atoms with Crippen molar-refractivity contribution in [2.24, 2.45) is 11.8 Å². The molecular weight excluding hydrogens is 612 g/mol. The number of sulfonamides is 1. The van der Waals surface area contributed by atoms with Crippen LogP contribution in [-0.4, -0.2) is 66.5 Å². The largest absolute Gasteiger partial charge is 0.465 e. The lowest BCUT2D eigenvalue weighted by molar-refractivity contribution is -0.0343. The second-order valence-corrected chi connectivity index (χ2v) is 16.2. The SMILES string of the molecule is CCCN(c1cc(COCC(C)(Cc2ccccc2)N(C(=O)O)C(C)(C)C)cc(N(Cc2ccccc2)CC2CC2C)n1)S(C)(=O)=O. The molecule has 0 spiro atoms. The van der Waals surface area contributed by atoms with Gasteiger partial charge < -0.3 is 14.7 Å². The Hall–Kier alpha value is -3.63. The minimum atomic E-state index is -3.59. The van der Waals surface area contributed by atoms with Crippen LogP contribution in [0.3, 0.4) is 0 Å². The molecule has 1 fully saturated rings. The molecule has 9 nitrogen and oxygen atoms in total. The molecule has 1 N–H and O–H groups in total. The topological polar surface area (TPSA) is 103 Å². The lowest BCUT2D eigenvalue weighted by Gasteiger charge is -2.47. The number of rotatable bonds is 16. The number of pyridine rings is 1. The van der Waals surface area contributed by atoms with E-state index in [1.807, 2.05) is 89.2 Å². The van der Waals surface area contributed by atoms with E-state index in [9.17, 15) is 18.3 Å². The van der Waals surface area contributed by atoms with Gasteiger partial charge >= 0.3 is 6.09 Å². The molecule has 0 aliphatic heterocycles. The Kier molecular flexibility index (Phi) is 11.6. The van der Waals surface area contributed by atoms with E-state index >= 15 is 0 Å². The van der Waals surface area contributed by atoms with Gasteiger partial charge in [-0.25, -0.2) is 18.2 Å². The molecule has 10 heteroatoms. The van der Waals surface area contributed by atoms with Crippen molar-refractivity contribution in [3.8, 4) is 0 Å². The normalized spacial score (nSPS) is 17.5. The van der Waals surface area contributed by atoms with Crippen molar-refractivity contribution in [3.63, 3.8) is 0 Å². The third-order valence-corrected chi connectivity index (χ3v) is 9.89. The van der Waals surface area contributed by atoms with Crippen molar-refractivity contribution in [1.29, 1.82) is 0 Å². The molecule has 1 aliphatic rings. The van der Waals surface area contributed by atoms with Gasteiger partial charge in [0.2, 0.25) is 10.0 Å². The van der Waals surface area contributed by atoms with Gasteiger partial charge in [-0.3, -0.25) is 9.21 Å². The van der Waals surface area contributed by atoms with Gasteiger partial charge in [0, 0.05) is 25.2 Å². The number of amides is 1. The molecule has 1 amide bonds. The molecule has 256 valence electrons. The van der Waals surface area contributed by atoms with Crippen LogP contribution in [0.1, 0.15) is 71.1 Å². The van der Waals surface area contributed by atoms with Crippen LogP contribution >= 0.6 is 0 Å². The van der Waals surface area contributed by atoms with E-state index in [1.54, 1.807) is 6.07 Å². The Morgan fingerprint density at radius 2 is 1.53 bits per heavy atom. The van der Waals surface area contributed by atoms with E-state index in [-0.39, 0.29) is 13.2 Å². The highest BCUT2D eigenvalue weighted by Crippen LogP contribution is 2.39. The highest BCUT2D eigenvalue weighted by molar-refractivity contribution is 7.92. The molecule has 0 radical (unpaired) electrons. The summed E-state index contributed by atoms with van der Waals surface area (Å²) in [5, 5.41) is 10.4. The quantitative estimate of drug-likeness (QED) is 0.173. The van der Waals surface area contributed by atoms with E-state index in [1.165, 1.54) is 15.5 Å². The van der Waals surface area contributed by atoms with Crippen LogP contribution in [0.5, 0.6) is 0 Å². The van der Waals surface area contributed by atoms with Gasteiger partial charge in [-0.1, -0.05) is 74.5 Å². The van der Waals surface area contributed by atoms with Gasteiger partial charge in [0.05, 0.1) is 25.0 Å². The van der Waals surface area contributed by atoms with Crippen molar-refractivity contribution in [1.82, 2.24) is 9.88 Å². The fraction of sp³-hybridized carbons (Fsp3) is 0.514. The Morgan fingerprint density at radius 1 is 0.957 bits per heavy atom. The molecule has 47 heavy (non-hydrogen) atoms. The van der Waals surface area contributed by atoms with Crippen LogP contribution in [0.25, 0.3) is 0 Å². The molecule has 1 aliphatic carbocycles. The molecule has 1 heterocycles. The molecular formula is C37H52N4O5S. The lowest BCUT2D eigenvalue weighted by atomic mass is 9.87. The summed E-state index contributed by atoms with van der Waals surface area (Å²) < 4.78 is 33.7. The second kappa shape index (κ2) is 15.1. The van der Waals surface area contributed by atoms with Crippen molar-refractivity contribution in [2.75, 3.05) is 35.2 Å². The fourth-order valence-corrected chi connectivity index (χ4v) is 7.46. The zero-order valence-electron chi connectivity index (χ0n) is 29.0. The number of carbonyl (C=O) groups is 1. The predicted octanol–water partition coefficient (Wildman–Crippen LogP) is 7.22. The molecule has 4 rings (SSSR count). The number of hydrogen-bond acceptors (Lipinski definition) is 6.